The summed E-state index contributed by atoms with van der Waals surface area (Å²) in [5.41, 5.74) is 0.820. The summed E-state index contributed by atoms with van der Waals surface area (Å²) < 4.78 is 4.82. The maximum Gasteiger partial charge on any atom is 0.338 e. The van der Waals surface area contributed by atoms with Crippen molar-refractivity contribution in [1.82, 2.24) is 0 Å². The summed E-state index contributed by atoms with van der Waals surface area (Å²) in [5, 5.41) is -0.819. The van der Waals surface area contributed by atoms with Crippen LogP contribution in [0.25, 0.3) is 0 Å². The van der Waals surface area contributed by atoms with E-state index >= 15 is 0 Å². The van der Waals surface area contributed by atoms with Crippen molar-refractivity contribution in [3.05, 3.63) is 34.9 Å². The summed E-state index contributed by atoms with van der Waals surface area (Å²) in [7, 11) is 0. The fraction of sp³-hybridized carbons (Fsp3) is 0.308. The Bertz CT molecular complexity index is 482. The van der Waals surface area contributed by atoms with Gasteiger partial charge in [-0.2, -0.15) is 0 Å². The monoisotopic (exact) mass is 268 g/mol. The molecule has 0 saturated carbocycles. The molecule has 1 rings (SSSR count). The van der Waals surface area contributed by atoms with Crippen molar-refractivity contribution in [3.8, 4) is 0 Å². The summed E-state index contributed by atoms with van der Waals surface area (Å²) in [6, 6.07) is 4.41. The molecule has 1 unspecified atom stereocenters. The number of carbonyl (C=O) groups excluding carboxylic acids is 3. The molecule has 1 aromatic carbocycles. The van der Waals surface area contributed by atoms with Crippen LogP contribution in [0.15, 0.2) is 18.2 Å². The van der Waals surface area contributed by atoms with E-state index in [0.717, 1.165) is 0 Å². The fourth-order valence-electron chi connectivity index (χ4n) is 1.47. The smallest absolute Gasteiger partial charge is 0.338 e. The summed E-state index contributed by atoms with van der Waals surface area (Å²) in [6.07, 6.45) is 0.541. The van der Waals surface area contributed by atoms with Gasteiger partial charge >= 0.3 is 5.97 Å². The van der Waals surface area contributed by atoms with Crippen LogP contribution in [0, 0.1) is 0 Å². The van der Waals surface area contributed by atoms with Crippen molar-refractivity contribution in [1.29, 1.82) is 0 Å². The number of Topliss-reactive ketones (excluding diaryl/α,β-unsaturated/α-hetero) is 1. The van der Waals surface area contributed by atoms with Gasteiger partial charge in [0.15, 0.2) is 12.1 Å². The van der Waals surface area contributed by atoms with Crippen LogP contribution < -0.4 is 0 Å². The number of aldehydes is 1. The van der Waals surface area contributed by atoms with Gasteiger partial charge in [0.05, 0.1) is 12.2 Å². The van der Waals surface area contributed by atoms with E-state index in [0.29, 0.717) is 11.8 Å². The Labute approximate surface area is 110 Å². The lowest BCUT2D eigenvalue weighted by molar-refractivity contribution is -0.116. The maximum atomic E-state index is 11.6. The highest BCUT2D eigenvalue weighted by Gasteiger charge is 2.17. The van der Waals surface area contributed by atoms with E-state index in [1.165, 1.54) is 19.1 Å². The van der Waals surface area contributed by atoms with Crippen LogP contribution in [0.3, 0.4) is 0 Å². The molecule has 1 atom stereocenters. The molecule has 0 spiro atoms. The van der Waals surface area contributed by atoms with E-state index in [1.807, 2.05) is 0 Å². The molecule has 1 aromatic rings. The van der Waals surface area contributed by atoms with Crippen LogP contribution in [0.1, 0.15) is 45.5 Å². The van der Waals surface area contributed by atoms with Gasteiger partial charge in [0.2, 0.25) is 0 Å². The zero-order valence-corrected chi connectivity index (χ0v) is 10.9. The number of hydrogen-bond acceptors (Lipinski definition) is 4. The van der Waals surface area contributed by atoms with Crippen LogP contribution in [0.5, 0.6) is 0 Å². The lowest BCUT2D eigenvalue weighted by Crippen LogP contribution is -2.09. The molecule has 0 heterocycles. The number of esters is 1. The highest BCUT2D eigenvalue weighted by atomic mass is 35.5. The molecule has 0 radical (unpaired) electrons. The summed E-state index contributed by atoms with van der Waals surface area (Å²) >= 11 is 5.88. The molecule has 0 aliphatic rings. The molecule has 0 bridgehead atoms. The number of benzene rings is 1. The van der Waals surface area contributed by atoms with Crippen molar-refractivity contribution in [2.75, 3.05) is 6.61 Å². The number of carbonyl (C=O) groups is 3. The predicted molar refractivity (Wildman–Crippen MR) is 67.1 cm³/mol. The molecule has 5 heteroatoms. The Morgan fingerprint density at radius 2 is 2.11 bits per heavy atom. The second-order valence-corrected chi connectivity index (χ2v) is 4.09. The molecule has 0 aromatic heterocycles. The average Bonchev–Trinajstić information content (AvgIpc) is 2.37. The van der Waals surface area contributed by atoms with E-state index in [4.69, 9.17) is 16.3 Å². The SMILES string of the molecule is CCOC(=O)c1ccc(C(Cl)C(C)=O)cc1C=O. The first-order chi connectivity index (χ1) is 8.51. The highest BCUT2D eigenvalue weighted by Crippen LogP contribution is 2.23. The maximum absolute atomic E-state index is 11.6. The van der Waals surface area contributed by atoms with Crippen LogP contribution in [0.2, 0.25) is 0 Å². The topological polar surface area (TPSA) is 60.4 Å². The molecule has 0 aliphatic carbocycles. The van der Waals surface area contributed by atoms with Gasteiger partial charge in [-0.25, -0.2) is 4.79 Å². The van der Waals surface area contributed by atoms with E-state index in [9.17, 15) is 14.4 Å². The van der Waals surface area contributed by atoms with Crippen LogP contribution in [-0.4, -0.2) is 24.6 Å². The molecule has 0 amide bonds. The number of alkyl halides is 1. The largest absolute Gasteiger partial charge is 0.462 e. The van der Waals surface area contributed by atoms with Gasteiger partial charge in [-0.15, -0.1) is 11.6 Å². The molecule has 96 valence electrons. The predicted octanol–water partition coefficient (Wildman–Crippen LogP) is 2.54. The van der Waals surface area contributed by atoms with E-state index in [2.05, 4.69) is 0 Å². The summed E-state index contributed by atoms with van der Waals surface area (Å²) in [4.78, 5) is 33.7. The van der Waals surface area contributed by atoms with Gasteiger partial charge in [-0.05, 0) is 31.5 Å². The van der Waals surface area contributed by atoms with E-state index in [1.54, 1.807) is 13.0 Å². The quantitative estimate of drug-likeness (QED) is 0.468. The minimum absolute atomic E-state index is 0.165. The zero-order valence-electron chi connectivity index (χ0n) is 10.1. The number of rotatable bonds is 5. The number of ketones is 1. The minimum atomic E-state index is -0.819. The fourth-order valence-corrected chi connectivity index (χ4v) is 1.60. The Morgan fingerprint density at radius 3 is 2.61 bits per heavy atom. The third kappa shape index (κ3) is 3.17. The van der Waals surface area contributed by atoms with Gasteiger partial charge in [-0.1, -0.05) is 6.07 Å². The molecule has 0 fully saturated rings. The minimum Gasteiger partial charge on any atom is -0.462 e. The second kappa shape index (κ2) is 6.31. The zero-order chi connectivity index (χ0) is 13.7. The molecule has 4 nitrogen and oxygen atoms in total. The van der Waals surface area contributed by atoms with Crippen molar-refractivity contribution >= 4 is 29.6 Å². The molecular weight excluding hydrogens is 256 g/mol. The number of hydrogen-bond donors (Lipinski definition) is 0. The third-order valence-electron chi connectivity index (χ3n) is 2.35. The number of ether oxygens (including phenoxy) is 1. The Kier molecular flexibility index (Phi) is 5.04. The van der Waals surface area contributed by atoms with Gasteiger partial charge in [0.1, 0.15) is 5.38 Å². The standard InChI is InChI=1S/C13H13ClO4/c1-3-18-13(17)11-5-4-9(6-10(11)7-15)12(14)8(2)16/h4-7,12H,3H2,1-2H3. The second-order valence-electron chi connectivity index (χ2n) is 3.66. The Balaban J connectivity index is 3.15. The summed E-state index contributed by atoms with van der Waals surface area (Å²) in [6.45, 7) is 3.26. The van der Waals surface area contributed by atoms with Crippen LogP contribution >= 0.6 is 11.6 Å². The van der Waals surface area contributed by atoms with Gasteiger partial charge < -0.3 is 4.74 Å². The lowest BCUT2D eigenvalue weighted by atomic mass is 10.0. The molecule has 0 aliphatic heterocycles. The van der Waals surface area contributed by atoms with Crippen molar-refractivity contribution in [3.63, 3.8) is 0 Å². The summed E-state index contributed by atoms with van der Waals surface area (Å²) in [5.74, 6) is -0.794. The highest BCUT2D eigenvalue weighted by molar-refractivity contribution is 6.30. The Hall–Kier alpha value is -1.68. The molecule has 0 N–H and O–H groups in total. The van der Waals surface area contributed by atoms with Crippen LogP contribution in [-0.2, 0) is 9.53 Å². The Morgan fingerprint density at radius 1 is 1.44 bits per heavy atom. The lowest BCUT2D eigenvalue weighted by Gasteiger charge is -2.09. The first kappa shape index (κ1) is 14.4. The average molecular weight is 269 g/mol. The van der Waals surface area contributed by atoms with E-state index in [-0.39, 0.29) is 23.5 Å². The van der Waals surface area contributed by atoms with Crippen molar-refractivity contribution in [2.45, 2.75) is 19.2 Å². The van der Waals surface area contributed by atoms with Crippen molar-refractivity contribution in [2.24, 2.45) is 0 Å². The van der Waals surface area contributed by atoms with Crippen LogP contribution in [0.4, 0.5) is 0 Å². The van der Waals surface area contributed by atoms with Crippen molar-refractivity contribution < 1.29 is 19.1 Å². The number of halogens is 1. The third-order valence-corrected chi connectivity index (χ3v) is 2.91. The first-order valence-corrected chi connectivity index (χ1v) is 5.85. The normalized spacial score (nSPS) is 11.7. The molecular formula is C13H13ClO4. The van der Waals surface area contributed by atoms with Gasteiger partial charge in [-0.3, -0.25) is 9.59 Å². The van der Waals surface area contributed by atoms with E-state index < -0.39 is 11.3 Å². The molecule has 18 heavy (non-hydrogen) atoms. The van der Waals surface area contributed by atoms with Gasteiger partial charge in [0.25, 0.3) is 0 Å². The van der Waals surface area contributed by atoms with Gasteiger partial charge in [0, 0.05) is 5.56 Å². The first-order valence-electron chi connectivity index (χ1n) is 5.42. The molecule has 0 saturated heterocycles.